The number of sulfonamides is 1. The van der Waals surface area contributed by atoms with E-state index in [4.69, 9.17) is 14.6 Å². The SMILES string of the molecule is CCOc1ccc(S(=O)(=O)Nc2ccc(C3(C(=O)NCCCc4ccccc4)CC3)cc2)cc1.O=C(O)C(F)(F)F. The van der Waals surface area contributed by atoms with Crippen molar-refractivity contribution in [3.05, 3.63) is 90.0 Å². The van der Waals surface area contributed by atoms with Crippen LogP contribution in [0.2, 0.25) is 0 Å². The Morgan fingerprint density at radius 2 is 1.54 bits per heavy atom. The number of carbonyl (C=O) groups excluding carboxylic acids is 1. The fourth-order valence-electron chi connectivity index (χ4n) is 4.03. The standard InChI is InChI=1S/C27H30N2O4S.C2HF3O2/c1-2-33-24-14-16-25(17-15-24)34(31,32)29-23-12-10-22(11-13-23)27(18-19-27)26(30)28-20-6-9-21-7-4-3-5-8-21;3-2(4,5)1(6)7/h3-5,7-8,10-17,29H,2,6,9,18-20H2,1H3,(H,28,30);(H,6,7). The second kappa shape index (κ2) is 13.5. The summed E-state index contributed by atoms with van der Waals surface area (Å²) in [7, 11) is -3.72. The average molecular weight is 593 g/mol. The van der Waals surface area contributed by atoms with Crippen molar-refractivity contribution in [1.82, 2.24) is 5.32 Å². The number of nitrogens with one attached hydrogen (secondary N) is 2. The summed E-state index contributed by atoms with van der Waals surface area (Å²) >= 11 is 0. The van der Waals surface area contributed by atoms with E-state index in [9.17, 15) is 26.4 Å². The Kier molecular flexibility index (Phi) is 10.4. The van der Waals surface area contributed by atoms with E-state index in [2.05, 4.69) is 22.2 Å². The van der Waals surface area contributed by atoms with Crippen LogP contribution >= 0.6 is 0 Å². The molecular weight excluding hydrogens is 561 g/mol. The van der Waals surface area contributed by atoms with Crippen LogP contribution in [0.15, 0.2) is 83.8 Å². The Bertz CT molecular complexity index is 1410. The van der Waals surface area contributed by atoms with Crippen molar-refractivity contribution in [2.24, 2.45) is 0 Å². The minimum absolute atomic E-state index is 0.0447. The first-order valence-electron chi connectivity index (χ1n) is 12.9. The Morgan fingerprint density at radius 3 is 2.05 bits per heavy atom. The van der Waals surface area contributed by atoms with Crippen molar-refractivity contribution in [3.8, 4) is 5.75 Å². The third-order valence-electron chi connectivity index (χ3n) is 6.33. The van der Waals surface area contributed by atoms with Gasteiger partial charge < -0.3 is 15.2 Å². The highest BCUT2D eigenvalue weighted by atomic mass is 32.2. The minimum atomic E-state index is -5.08. The molecule has 3 aromatic rings. The zero-order valence-corrected chi connectivity index (χ0v) is 23.1. The summed E-state index contributed by atoms with van der Waals surface area (Å²) in [6.45, 7) is 3.02. The molecule has 12 heteroatoms. The molecule has 0 radical (unpaired) electrons. The molecule has 0 unspecified atom stereocenters. The van der Waals surface area contributed by atoms with Gasteiger partial charge in [0.1, 0.15) is 5.75 Å². The quantitative estimate of drug-likeness (QED) is 0.260. The summed E-state index contributed by atoms with van der Waals surface area (Å²) in [6, 6.07) is 23.6. The van der Waals surface area contributed by atoms with Crippen LogP contribution in [0.1, 0.15) is 37.3 Å². The Balaban J connectivity index is 0.000000587. The van der Waals surface area contributed by atoms with Crippen molar-refractivity contribution in [3.63, 3.8) is 0 Å². The molecule has 1 fully saturated rings. The van der Waals surface area contributed by atoms with Crippen molar-refractivity contribution in [1.29, 1.82) is 0 Å². The molecule has 3 aromatic carbocycles. The van der Waals surface area contributed by atoms with Crippen molar-refractivity contribution < 1.29 is 41.0 Å². The number of carboxylic acids is 1. The van der Waals surface area contributed by atoms with E-state index in [0.717, 1.165) is 31.2 Å². The van der Waals surface area contributed by atoms with Crippen LogP contribution in [0.3, 0.4) is 0 Å². The van der Waals surface area contributed by atoms with Gasteiger partial charge in [-0.25, -0.2) is 13.2 Å². The topological polar surface area (TPSA) is 122 Å². The van der Waals surface area contributed by atoms with E-state index in [0.29, 0.717) is 24.6 Å². The first-order chi connectivity index (χ1) is 19.4. The van der Waals surface area contributed by atoms with Gasteiger partial charge >= 0.3 is 12.1 Å². The maximum absolute atomic E-state index is 12.9. The van der Waals surface area contributed by atoms with Crippen LogP contribution in [0.5, 0.6) is 5.75 Å². The first kappa shape index (κ1) is 31.5. The number of aryl methyl sites for hydroxylation is 1. The second-order valence-corrected chi connectivity index (χ2v) is 11.0. The molecule has 1 aliphatic rings. The number of benzene rings is 3. The third-order valence-corrected chi connectivity index (χ3v) is 7.73. The maximum Gasteiger partial charge on any atom is 0.490 e. The summed E-state index contributed by atoms with van der Waals surface area (Å²) < 4.78 is 65.1. The van der Waals surface area contributed by atoms with Crippen LogP contribution in [0.25, 0.3) is 0 Å². The van der Waals surface area contributed by atoms with E-state index in [1.165, 1.54) is 17.7 Å². The van der Waals surface area contributed by atoms with Crippen LogP contribution in [-0.2, 0) is 31.4 Å². The van der Waals surface area contributed by atoms with Gasteiger partial charge in [0.25, 0.3) is 10.0 Å². The lowest BCUT2D eigenvalue weighted by atomic mass is 9.94. The predicted octanol–water partition coefficient (Wildman–Crippen LogP) is 5.30. The summed E-state index contributed by atoms with van der Waals surface area (Å²) in [4.78, 5) is 21.9. The molecule has 220 valence electrons. The molecule has 0 aromatic heterocycles. The number of hydrogen-bond acceptors (Lipinski definition) is 5. The van der Waals surface area contributed by atoms with Crippen LogP contribution in [0.4, 0.5) is 18.9 Å². The van der Waals surface area contributed by atoms with Crippen molar-refractivity contribution in [2.45, 2.75) is 49.1 Å². The lowest BCUT2D eigenvalue weighted by Crippen LogP contribution is -2.35. The molecule has 4 rings (SSSR count). The summed E-state index contributed by atoms with van der Waals surface area (Å²) in [5.74, 6) is -2.09. The number of hydrogen-bond donors (Lipinski definition) is 3. The number of anilines is 1. The number of alkyl halides is 3. The first-order valence-corrected chi connectivity index (χ1v) is 14.3. The minimum Gasteiger partial charge on any atom is -0.494 e. The van der Waals surface area contributed by atoms with Crippen molar-refractivity contribution >= 4 is 27.6 Å². The summed E-state index contributed by atoms with van der Waals surface area (Å²) in [5, 5.41) is 10.2. The molecule has 0 atom stereocenters. The predicted molar refractivity (Wildman–Crippen MR) is 147 cm³/mol. The van der Waals surface area contributed by atoms with E-state index in [1.54, 1.807) is 24.3 Å². The molecule has 1 aliphatic carbocycles. The van der Waals surface area contributed by atoms with Gasteiger partial charge in [-0.3, -0.25) is 9.52 Å². The van der Waals surface area contributed by atoms with E-state index in [1.807, 2.05) is 37.3 Å². The van der Waals surface area contributed by atoms with Crippen molar-refractivity contribution in [2.75, 3.05) is 17.9 Å². The Labute approximate surface area is 236 Å². The van der Waals surface area contributed by atoms with Gasteiger partial charge in [-0.15, -0.1) is 0 Å². The zero-order chi connectivity index (χ0) is 30.1. The van der Waals surface area contributed by atoms with Crippen LogP contribution in [0, 0.1) is 0 Å². The molecular formula is C29H31F3N2O6S. The average Bonchev–Trinajstić information content (AvgIpc) is 3.74. The highest BCUT2D eigenvalue weighted by Crippen LogP contribution is 2.48. The number of rotatable bonds is 11. The lowest BCUT2D eigenvalue weighted by molar-refractivity contribution is -0.192. The normalized spacial score (nSPS) is 13.8. The maximum atomic E-state index is 12.9. The number of carboxylic acid groups (broad SMARTS) is 1. The summed E-state index contributed by atoms with van der Waals surface area (Å²) in [6.07, 6.45) is -1.67. The molecule has 8 nitrogen and oxygen atoms in total. The number of halogens is 3. The highest BCUT2D eigenvalue weighted by molar-refractivity contribution is 7.92. The van der Waals surface area contributed by atoms with E-state index < -0.39 is 27.6 Å². The molecule has 3 N–H and O–H groups in total. The van der Waals surface area contributed by atoms with Crippen LogP contribution in [-0.4, -0.2) is 44.7 Å². The third kappa shape index (κ3) is 8.97. The Morgan fingerprint density at radius 1 is 0.951 bits per heavy atom. The number of ether oxygens (including phenoxy) is 1. The summed E-state index contributed by atoms with van der Waals surface area (Å²) in [5.41, 5.74) is 2.13. The second-order valence-electron chi connectivity index (χ2n) is 9.32. The van der Waals surface area contributed by atoms with Gasteiger partial charge in [0.05, 0.1) is 16.9 Å². The molecule has 0 spiro atoms. The molecule has 0 bridgehead atoms. The van der Waals surface area contributed by atoms with Gasteiger partial charge in [0.2, 0.25) is 5.91 Å². The van der Waals surface area contributed by atoms with E-state index >= 15 is 0 Å². The monoisotopic (exact) mass is 592 g/mol. The lowest BCUT2D eigenvalue weighted by Gasteiger charge is -2.17. The number of amides is 1. The number of carbonyl (C=O) groups is 2. The van der Waals surface area contributed by atoms with E-state index in [-0.39, 0.29) is 10.8 Å². The number of aliphatic carboxylic acids is 1. The van der Waals surface area contributed by atoms with Gasteiger partial charge in [-0.2, -0.15) is 13.2 Å². The smallest absolute Gasteiger partial charge is 0.490 e. The molecule has 41 heavy (non-hydrogen) atoms. The van der Waals surface area contributed by atoms with Gasteiger partial charge in [-0.1, -0.05) is 42.5 Å². The van der Waals surface area contributed by atoms with Gasteiger partial charge in [0, 0.05) is 12.2 Å². The van der Waals surface area contributed by atoms with Crippen LogP contribution < -0.4 is 14.8 Å². The molecule has 0 heterocycles. The zero-order valence-electron chi connectivity index (χ0n) is 22.3. The van der Waals surface area contributed by atoms with Gasteiger partial charge in [-0.05, 0) is 80.1 Å². The molecule has 0 saturated heterocycles. The molecule has 1 saturated carbocycles. The highest BCUT2D eigenvalue weighted by Gasteiger charge is 2.51. The Hall–Kier alpha value is -4.06. The fourth-order valence-corrected chi connectivity index (χ4v) is 5.09. The molecule has 0 aliphatic heterocycles. The largest absolute Gasteiger partial charge is 0.494 e. The van der Waals surface area contributed by atoms with Gasteiger partial charge in [0.15, 0.2) is 0 Å². The fraction of sp³-hybridized carbons (Fsp3) is 0.310. The molecule has 1 amide bonds.